The fourth-order valence-electron chi connectivity index (χ4n) is 3.23. The predicted octanol–water partition coefficient (Wildman–Crippen LogP) is 7.37. The van der Waals surface area contributed by atoms with Gasteiger partial charge in [0, 0.05) is 5.92 Å². The monoisotopic (exact) mass is 394 g/mol. The highest BCUT2D eigenvalue weighted by atomic mass is 19.3. The van der Waals surface area contributed by atoms with Crippen molar-refractivity contribution in [3.63, 3.8) is 0 Å². The molecule has 0 amide bonds. The molecule has 0 aromatic heterocycles. The van der Waals surface area contributed by atoms with Gasteiger partial charge < -0.3 is 9.47 Å². The van der Waals surface area contributed by atoms with E-state index < -0.39 is 6.61 Å². The molecule has 0 saturated heterocycles. The van der Waals surface area contributed by atoms with Crippen LogP contribution in [-0.4, -0.2) is 6.61 Å². The van der Waals surface area contributed by atoms with E-state index in [4.69, 9.17) is 4.74 Å². The molecule has 0 radical (unpaired) electrons. The number of aryl methyl sites for hydroxylation is 1. The average molecular weight is 394 g/mol. The van der Waals surface area contributed by atoms with Crippen molar-refractivity contribution >= 4 is 0 Å². The van der Waals surface area contributed by atoms with Crippen LogP contribution >= 0.6 is 0 Å². The Kier molecular flexibility index (Phi) is 7.40. The van der Waals surface area contributed by atoms with Gasteiger partial charge in [-0.15, -0.1) is 6.58 Å². The second-order valence-corrected chi connectivity index (χ2v) is 6.74. The first-order valence-electron chi connectivity index (χ1n) is 9.63. The van der Waals surface area contributed by atoms with E-state index in [-0.39, 0.29) is 11.7 Å². The molecule has 1 unspecified atom stereocenters. The van der Waals surface area contributed by atoms with E-state index >= 15 is 0 Å². The summed E-state index contributed by atoms with van der Waals surface area (Å²) in [7, 11) is 0. The van der Waals surface area contributed by atoms with Gasteiger partial charge in [-0.3, -0.25) is 0 Å². The molecule has 0 fully saturated rings. The van der Waals surface area contributed by atoms with Gasteiger partial charge >= 0.3 is 6.61 Å². The number of rotatable bonds is 10. The summed E-state index contributed by atoms with van der Waals surface area (Å²) < 4.78 is 34.9. The number of halogens is 2. The third-order valence-corrected chi connectivity index (χ3v) is 4.68. The highest BCUT2D eigenvalue weighted by Crippen LogP contribution is 2.27. The van der Waals surface area contributed by atoms with Crippen LogP contribution in [0, 0.1) is 0 Å². The van der Waals surface area contributed by atoms with Crippen molar-refractivity contribution in [2.45, 2.75) is 31.8 Å². The van der Waals surface area contributed by atoms with Gasteiger partial charge in [0.05, 0.1) is 0 Å². The highest BCUT2D eigenvalue weighted by molar-refractivity contribution is 5.34. The summed E-state index contributed by atoms with van der Waals surface area (Å²) in [6.45, 7) is 1.12. The van der Waals surface area contributed by atoms with Crippen molar-refractivity contribution in [2.24, 2.45) is 0 Å². The summed E-state index contributed by atoms with van der Waals surface area (Å²) in [5.41, 5.74) is 2.25. The van der Waals surface area contributed by atoms with Gasteiger partial charge in [0.25, 0.3) is 0 Å². The fourth-order valence-corrected chi connectivity index (χ4v) is 3.23. The van der Waals surface area contributed by atoms with Gasteiger partial charge in [-0.05, 0) is 66.8 Å². The van der Waals surface area contributed by atoms with Gasteiger partial charge in [0.15, 0.2) is 0 Å². The van der Waals surface area contributed by atoms with Gasteiger partial charge in [-0.2, -0.15) is 8.78 Å². The summed E-state index contributed by atoms with van der Waals surface area (Å²) in [5, 5.41) is 0. The first-order valence-corrected chi connectivity index (χ1v) is 9.63. The quantitative estimate of drug-likeness (QED) is 0.334. The Balaban J connectivity index is 1.54. The minimum Gasteiger partial charge on any atom is -0.457 e. The summed E-state index contributed by atoms with van der Waals surface area (Å²) in [5.74, 6) is 1.97. The molecule has 150 valence electrons. The van der Waals surface area contributed by atoms with E-state index in [9.17, 15) is 8.78 Å². The number of ether oxygens (including phenoxy) is 2. The van der Waals surface area contributed by atoms with E-state index in [0.29, 0.717) is 0 Å². The standard InChI is InChI=1S/C25H24F2O2/c1-2-20(21-14-16-23(17-15-21)29-25(26)27)10-6-8-19-9-7-13-24(18-19)28-22-11-4-3-5-12-22/h2-5,7,9,11-18,20,25H,1,6,8,10H2. The van der Waals surface area contributed by atoms with Crippen LogP contribution in [0.5, 0.6) is 17.2 Å². The molecule has 0 saturated carbocycles. The molecule has 0 spiro atoms. The van der Waals surface area contributed by atoms with Crippen LogP contribution < -0.4 is 9.47 Å². The molecule has 0 heterocycles. The van der Waals surface area contributed by atoms with Crippen molar-refractivity contribution < 1.29 is 18.3 Å². The summed E-state index contributed by atoms with van der Waals surface area (Å²) in [6.07, 6.45) is 4.71. The van der Waals surface area contributed by atoms with E-state index in [0.717, 1.165) is 36.3 Å². The van der Waals surface area contributed by atoms with Gasteiger partial charge in [-0.1, -0.05) is 48.5 Å². The van der Waals surface area contributed by atoms with Crippen molar-refractivity contribution in [1.82, 2.24) is 0 Å². The van der Waals surface area contributed by atoms with Crippen LogP contribution in [0.3, 0.4) is 0 Å². The Morgan fingerprint density at radius 2 is 1.55 bits per heavy atom. The maximum Gasteiger partial charge on any atom is 0.387 e. The Hall–Kier alpha value is -3.14. The Labute approximate surface area is 170 Å². The molecule has 2 nitrogen and oxygen atoms in total. The van der Waals surface area contributed by atoms with Crippen LogP contribution in [-0.2, 0) is 6.42 Å². The fraction of sp³-hybridized carbons (Fsp3) is 0.200. The summed E-state index contributed by atoms with van der Waals surface area (Å²) in [4.78, 5) is 0. The zero-order valence-corrected chi connectivity index (χ0v) is 16.1. The lowest BCUT2D eigenvalue weighted by atomic mass is 9.92. The van der Waals surface area contributed by atoms with Gasteiger partial charge in [0.1, 0.15) is 17.2 Å². The van der Waals surface area contributed by atoms with Gasteiger partial charge in [-0.25, -0.2) is 0 Å². The van der Waals surface area contributed by atoms with Crippen LogP contribution in [0.25, 0.3) is 0 Å². The molecule has 3 aromatic carbocycles. The third-order valence-electron chi connectivity index (χ3n) is 4.68. The molecule has 0 aliphatic carbocycles. The van der Waals surface area contributed by atoms with E-state index in [2.05, 4.69) is 23.4 Å². The SMILES string of the molecule is C=CC(CCCc1cccc(Oc2ccccc2)c1)c1ccc(OC(F)F)cc1. The normalized spacial score (nSPS) is 11.8. The first-order chi connectivity index (χ1) is 14.1. The van der Waals surface area contributed by atoms with E-state index in [1.807, 2.05) is 60.7 Å². The van der Waals surface area contributed by atoms with Gasteiger partial charge in [0.2, 0.25) is 0 Å². The minimum atomic E-state index is -2.81. The lowest BCUT2D eigenvalue weighted by molar-refractivity contribution is -0.0498. The maximum absolute atomic E-state index is 12.3. The van der Waals surface area contributed by atoms with Crippen molar-refractivity contribution in [3.05, 3.63) is 103 Å². The number of para-hydroxylation sites is 1. The van der Waals surface area contributed by atoms with Crippen LogP contribution in [0.1, 0.15) is 29.9 Å². The molecule has 1 atom stereocenters. The Bertz CT molecular complexity index is 892. The zero-order valence-electron chi connectivity index (χ0n) is 16.1. The number of benzene rings is 3. The smallest absolute Gasteiger partial charge is 0.387 e. The molecule has 4 heteroatoms. The molecule has 0 aliphatic heterocycles. The summed E-state index contributed by atoms with van der Waals surface area (Å²) >= 11 is 0. The largest absolute Gasteiger partial charge is 0.457 e. The van der Waals surface area contributed by atoms with Crippen LogP contribution in [0.15, 0.2) is 91.5 Å². The average Bonchev–Trinajstić information content (AvgIpc) is 2.73. The number of hydrogen-bond acceptors (Lipinski definition) is 2. The second-order valence-electron chi connectivity index (χ2n) is 6.74. The van der Waals surface area contributed by atoms with Crippen molar-refractivity contribution in [1.29, 1.82) is 0 Å². The molecule has 0 aliphatic rings. The second kappa shape index (κ2) is 10.4. The molecule has 3 aromatic rings. The minimum absolute atomic E-state index is 0.166. The highest BCUT2D eigenvalue weighted by Gasteiger charge is 2.10. The predicted molar refractivity (Wildman–Crippen MR) is 112 cm³/mol. The topological polar surface area (TPSA) is 18.5 Å². The molecule has 0 bridgehead atoms. The number of allylic oxidation sites excluding steroid dienone is 1. The summed E-state index contributed by atoms with van der Waals surface area (Å²) in [6, 6.07) is 24.6. The van der Waals surface area contributed by atoms with E-state index in [1.54, 1.807) is 12.1 Å². The molecular formula is C25H24F2O2. The number of hydrogen-bond donors (Lipinski definition) is 0. The Morgan fingerprint density at radius 1 is 0.828 bits per heavy atom. The zero-order chi connectivity index (χ0) is 20.5. The molecule has 3 rings (SSSR count). The maximum atomic E-state index is 12.3. The van der Waals surface area contributed by atoms with E-state index in [1.165, 1.54) is 5.56 Å². The van der Waals surface area contributed by atoms with Crippen molar-refractivity contribution in [2.75, 3.05) is 0 Å². The third kappa shape index (κ3) is 6.46. The number of alkyl halides is 2. The lowest BCUT2D eigenvalue weighted by Gasteiger charge is -2.14. The molecular weight excluding hydrogens is 370 g/mol. The first kappa shape index (κ1) is 20.6. The lowest BCUT2D eigenvalue weighted by Crippen LogP contribution is -2.02. The van der Waals surface area contributed by atoms with Crippen molar-refractivity contribution in [3.8, 4) is 17.2 Å². The van der Waals surface area contributed by atoms with Crippen LogP contribution in [0.2, 0.25) is 0 Å². The Morgan fingerprint density at radius 3 is 2.24 bits per heavy atom. The van der Waals surface area contributed by atoms with Crippen LogP contribution in [0.4, 0.5) is 8.78 Å². The molecule has 0 N–H and O–H groups in total. The molecule has 29 heavy (non-hydrogen) atoms.